The second-order valence-corrected chi connectivity index (χ2v) is 6.95. The summed E-state index contributed by atoms with van der Waals surface area (Å²) >= 11 is 1.27. The molecule has 27 heavy (non-hydrogen) atoms. The Labute approximate surface area is 159 Å². The summed E-state index contributed by atoms with van der Waals surface area (Å²) < 4.78 is 12.0. The molecule has 0 unspecified atom stereocenters. The SMILES string of the molecule is CC(=O)c1nc(Sc2coc(NC(=O)OC(C)C)c2)cnc1-n1cccc1. The van der Waals surface area contributed by atoms with Gasteiger partial charge in [0.15, 0.2) is 17.3 Å². The third-order valence-corrected chi connectivity index (χ3v) is 4.14. The van der Waals surface area contributed by atoms with Crippen molar-refractivity contribution in [2.75, 3.05) is 5.32 Å². The molecule has 0 atom stereocenters. The standard InChI is InChI=1S/C18H18N4O4S/c1-11(2)26-18(24)20-14-8-13(10-25-14)27-15-9-19-17(16(21-15)12(3)23)22-6-4-5-7-22/h4-11H,1-3H3,(H,20,24). The summed E-state index contributed by atoms with van der Waals surface area (Å²) in [5.41, 5.74) is 0.276. The monoisotopic (exact) mass is 386 g/mol. The van der Waals surface area contributed by atoms with Gasteiger partial charge in [-0.25, -0.2) is 14.8 Å². The number of furan rings is 1. The van der Waals surface area contributed by atoms with E-state index in [2.05, 4.69) is 15.3 Å². The minimum Gasteiger partial charge on any atom is -0.447 e. The number of nitrogens with zero attached hydrogens (tertiary/aromatic N) is 3. The molecule has 3 aromatic rings. The van der Waals surface area contributed by atoms with Crippen LogP contribution in [0.25, 0.3) is 5.82 Å². The van der Waals surface area contributed by atoms with Gasteiger partial charge in [-0.1, -0.05) is 11.8 Å². The first-order valence-electron chi connectivity index (χ1n) is 8.17. The smallest absolute Gasteiger partial charge is 0.414 e. The predicted molar refractivity (Wildman–Crippen MR) is 99.4 cm³/mol. The molecule has 1 N–H and O–H groups in total. The van der Waals surface area contributed by atoms with Crippen LogP contribution in [-0.2, 0) is 4.74 Å². The number of aromatic nitrogens is 3. The zero-order valence-electron chi connectivity index (χ0n) is 15.0. The maximum atomic E-state index is 12.0. The van der Waals surface area contributed by atoms with Gasteiger partial charge in [0, 0.05) is 25.4 Å². The highest BCUT2D eigenvalue weighted by molar-refractivity contribution is 7.99. The van der Waals surface area contributed by atoms with Gasteiger partial charge in [-0.05, 0) is 26.0 Å². The number of carbonyl (C=O) groups excluding carboxylic acids is 2. The zero-order valence-corrected chi connectivity index (χ0v) is 15.8. The van der Waals surface area contributed by atoms with E-state index in [0.717, 1.165) is 0 Å². The number of Topliss-reactive ketones (excluding diaryl/α,β-unsaturated/α-hetero) is 1. The summed E-state index contributed by atoms with van der Waals surface area (Å²) in [4.78, 5) is 33.0. The molecule has 0 fully saturated rings. The molecule has 0 spiro atoms. The molecule has 3 rings (SSSR count). The van der Waals surface area contributed by atoms with Crippen LogP contribution in [0.1, 0.15) is 31.3 Å². The molecular weight excluding hydrogens is 368 g/mol. The normalized spacial score (nSPS) is 10.8. The number of carbonyl (C=O) groups is 2. The molecule has 3 aromatic heterocycles. The molecule has 0 aromatic carbocycles. The highest BCUT2D eigenvalue weighted by atomic mass is 32.2. The summed E-state index contributed by atoms with van der Waals surface area (Å²) in [6, 6.07) is 5.33. The van der Waals surface area contributed by atoms with Crippen molar-refractivity contribution in [2.24, 2.45) is 0 Å². The first-order valence-corrected chi connectivity index (χ1v) is 8.99. The Hall–Kier alpha value is -3.07. The van der Waals surface area contributed by atoms with E-state index < -0.39 is 6.09 Å². The minimum absolute atomic E-state index is 0.181. The summed E-state index contributed by atoms with van der Waals surface area (Å²) in [7, 11) is 0. The zero-order chi connectivity index (χ0) is 19.4. The summed E-state index contributed by atoms with van der Waals surface area (Å²) in [5, 5.41) is 3.04. The molecule has 1 amide bonds. The van der Waals surface area contributed by atoms with E-state index in [0.29, 0.717) is 15.7 Å². The molecule has 0 saturated carbocycles. The van der Waals surface area contributed by atoms with Crippen molar-refractivity contribution in [3.8, 4) is 5.82 Å². The number of hydrogen-bond donors (Lipinski definition) is 1. The van der Waals surface area contributed by atoms with Gasteiger partial charge >= 0.3 is 6.09 Å². The van der Waals surface area contributed by atoms with Crippen LogP contribution in [0.4, 0.5) is 10.7 Å². The van der Waals surface area contributed by atoms with E-state index in [-0.39, 0.29) is 23.5 Å². The lowest BCUT2D eigenvalue weighted by Gasteiger charge is -2.08. The maximum Gasteiger partial charge on any atom is 0.414 e. The van der Waals surface area contributed by atoms with Crippen molar-refractivity contribution >= 4 is 29.5 Å². The van der Waals surface area contributed by atoms with Crippen LogP contribution in [0.2, 0.25) is 0 Å². The maximum absolute atomic E-state index is 12.0. The fourth-order valence-corrected chi connectivity index (χ4v) is 2.97. The van der Waals surface area contributed by atoms with Gasteiger partial charge in [0.05, 0.1) is 17.2 Å². The van der Waals surface area contributed by atoms with E-state index in [4.69, 9.17) is 9.15 Å². The Morgan fingerprint density at radius 2 is 2.04 bits per heavy atom. The van der Waals surface area contributed by atoms with E-state index in [1.165, 1.54) is 24.9 Å². The van der Waals surface area contributed by atoms with Crippen molar-refractivity contribution in [2.45, 2.75) is 36.8 Å². The highest BCUT2D eigenvalue weighted by Gasteiger charge is 2.15. The minimum atomic E-state index is -0.592. The van der Waals surface area contributed by atoms with Crippen LogP contribution in [0.5, 0.6) is 0 Å². The molecule has 140 valence electrons. The van der Waals surface area contributed by atoms with Crippen LogP contribution >= 0.6 is 11.8 Å². The second kappa shape index (κ2) is 8.09. The average molecular weight is 386 g/mol. The van der Waals surface area contributed by atoms with Crippen LogP contribution in [0.3, 0.4) is 0 Å². The number of rotatable bonds is 6. The van der Waals surface area contributed by atoms with E-state index in [1.54, 1.807) is 43.1 Å². The average Bonchev–Trinajstić information content (AvgIpc) is 3.26. The number of ether oxygens (including phenoxy) is 1. The molecule has 0 aliphatic heterocycles. The Balaban J connectivity index is 1.75. The molecule has 0 aliphatic rings. The number of nitrogens with one attached hydrogen (secondary N) is 1. The second-order valence-electron chi connectivity index (χ2n) is 5.85. The van der Waals surface area contributed by atoms with Crippen molar-refractivity contribution in [1.29, 1.82) is 0 Å². The van der Waals surface area contributed by atoms with Crippen molar-refractivity contribution in [3.05, 3.63) is 48.7 Å². The topological polar surface area (TPSA) is 99.2 Å². The number of anilines is 1. The first kappa shape index (κ1) is 18.7. The van der Waals surface area contributed by atoms with Gasteiger partial charge in [-0.15, -0.1) is 0 Å². The molecule has 0 bridgehead atoms. The van der Waals surface area contributed by atoms with Gasteiger partial charge in [0.25, 0.3) is 0 Å². The Morgan fingerprint density at radius 3 is 2.70 bits per heavy atom. The number of ketones is 1. The summed E-state index contributed by atoms with van der Waals surface area (Å²) in [5.74, 6) is 0.550. The number of amides is 1. The van der Waals surface area contributed by atoms with E-state index in [1.807, 2.05) is 12.1 Å². The molecule has 0 radical (unpaired) electrons. The highest BCUT2D eigenvalue weighted by Crippen LogP contribution is 2.30. The molecule has 8 nitrogen and oxygen atoms in total. The lowest BCUT2D eigenvalue weighted by molar-refractivity contribution is 0.101. The summed E-state index contributed by atoms with van der Waals surface area (Å²) in [6.07, 6.45) is 5.84. The third-order valence-electron chi connectivity index (χ3n) is 3.28. The molecular formula is C18H18N4O4S. The fourth-order valence-electron chi connectivity index (χ4n) is 2.22. The Kier molecular flexibility index (Phi) is 5.60. The molecule has 0 saturated heterocycles. The van der Waals surface area contributed by atoms with Gasteiger partial charge in [0.1, 0.15) is 11.3 Å². The van der Waals surface area contributed by atoms with E-state index >= 15 is 0 Å². The fraction of sp³-hybridized carbons (Fsp3) is 0.222. The Bertz CT molecular complexity index is 950. The van der Waals surface area contributed by atoms with Crippen LogP contribution in [0.15, 0.2) is 57.4 Å². The largest absolute Gasteiger partial charge is 0.447 e. The lowest BCUT2D eigenvalue weighted by Crippen LogP contribution is -2.17. The van der Waals surface area contributed by atoms with Crippen molar-refractivity contribution in [1.82, 2.24) is 14.5 Å². The molecule has 9 heteroatoms. The van der Waals surface area contributed by atoms with Gasteiger partial charge in [0.2, 0.25) is 5.88 Å². The Morgan fingerprint density at radius 1 is 1.30 bits per heavy atom. The first-order chi connectivity index (χ1) is 12.9. The van der Waals surface area contributed by atoms with E-state index in [9.17, 15) is 9.59 Å². The quantitative estimate of drug-likeness (QED) is 0.635. The van der Waals surface area contributed by atoms with Crippen LogP contribution < -0.4 is 5.32 Å². The third kappa shape index (κ3) is 4.76. The number of hydrogen-bond acceptors (Lipinski definition) is 7. The molecule has 0 aliphatic carbocycles. The van der Waals surface area contributed by atoms with Crippen molar-refractivity contribution < 1.29 is 18.7 Å². The van der Waals surface area contributed by atoms with Crippen LogP contribution in [0, 0.1) is 0 Å². The molecule has 3 heterocycles. The van der Waals surface area contributed by atoms with Gasteiger partial charge in [-0.2, -0.15) is 0 Å². The summed E-state index contributed by atoms with van der Waals surface area (Å²) in [6.45, 7) is 4.96. The van der Waals surface area contributed by atoms with Crippen LogP contribution in [-0.4, -0.2) is 32.5 Å². The van der Waals surface area contributed by atoms with Gasteiger partial charge in [-0.3, -0.25) is 10.1 Å². The van der Waals surface area contributed by atoms with Gasteiger partial charge < -0.3 is 13.7 Å². The predicted octanol–water partition coefficient (Wildman–Crippen LogP) is 4.17. The van der Waals surface area contributed by atoms with Crippen molar-refractivity contribution in [3.63, 3.8) is 0 Å². The lowest BCUT2D eigenvalue weighted by atomic mass is 10.3.